The molecule has 2 aliphatic carbocycles. The molecule has 0 saturated carbocycles. The number of allylic oxidation sites excluding steroid dienone is 4. The highest BCUT2D eigenvalue weighted by molar-refractivity contribution is 6.44. The van der Waals surface area contributed by atoms with Gasteiger partial charge < -0.3 is 27.6 Å². The van der Waals surface area contributed by atoms with Crippen molar-refractivity contribution in [3.05, 3.63) is 335 Å². The first kappa shape index (κ1) is 93.4. The lowest BCUT2D eigenvalue weighted by atomic mass is 9.82. The van der Waals surface area contributed by atoms with Crippen LogP contribution in [0.1, 0.15) is 72.7 Å². The summed E-state index contributed by atoms with van der Waals surface area (Å²) in [5.41, 5.74) is 21.5. The quantitative estimate of drug-likeness (QED) is 0.0446. The summed E-state index contributed by atoms with van der Waals surface area (Å²) < 4.78 is 307. The zero-order chi connectivity index (χ0) is 97.9. The van der Waals surface area contributed by atoms with Crippen LogP contribution in [0.25, 0.3) is 166 Å². The number of rotatable bonds is 24. The van der Waals surface area contributed by atoms with Crippen molar-refractivity contribution in [2.24, 2.45) is 9.98 Å². The zero-order valence-electron chi connectivity index (χ0n) is 74.4. The lowest BCUT2D eigenvalue weighted by molar-refractivity contribution is -0.296. The van der Waals surface area contributed by atoms with E-state index in [-0.39, 0.29) is 56.4 Å². The van der Waals surface area contributed by atoms with E-state index in [0.29, 0.717) is 44.6 Å². The van der Waals surface area contributed by atoms with E-state index in [1.165, 1.54) is 32.9 Å². The molecule has 0 bridgehead atoms. The van der Waals surface area contributed by atoms with E-state index in [4.69, 9.17) is 28.6 Å². The summed E-state index contributed by atoms with van der Waals surface area (Å²) in [4.78, 5) is 9.70. The maximum Gasteiger partial charge on any atom is 0.598 e. The van der Waals surface area contributed by atoms with E-state index in [2.05, 4.69) is 97.1 Å². The molecule has 0 spiro atoms. The number of nitrogens with zero attached hydrogens (tertiary/aromatic N) is 4. The average Bonchev–Trinajstić information content (AvgIpc) is 1.54. The Kier molecular flexibility index (Phi) is 23.1. The van der Waals surface area contributed by atoms with Crippen molar-refractivity contribution in [1.29, 1.82) is 0 Å². The smallest absolute Gasteiger partial charge is 0.385 e. The third-order valence-electron chi connectivity index (χ3n) is 25.8. The number of halogens is 20. The van der Waals surface area contributed by atoms with Crippen molar-refractivity contribution in [2.45, 2.75) is 104 Å². The summed E-state index contributed by atoms with van der Waals surface area (Å²) in [6.07, 6.45) is -21.5. The van der Waals surface area contributed by atoms with E-state index in [9.17, 15) is 87.8 Å². The van der Waals surface area contributed by atoms with Crippen LogP contribution in [-0.2, 0) is 18.6 Å². The van der Waals surface area contributed by atoms with Gasteiger partial charge in [0.25, 0.3) is 0 Å². The molecule has 0 amide bonds. The largest absolute Gasteiger partial charge is 0.598 e. The van der Waals surface area contributed by atoms with Crippen molar-refractivity contribution >= 4 is 80.2 Å². The van der Waals surface area contributed by atoms with Crippen LogP contribution in [0.15, 0.2) is 299 Å². The van der Waals surface area contributed by atoms with Crippen LogP contribution in [0.5, 0.6) is 0 Å². The Morgan fingerprint density at radius 3 is 0.920 bits per heavy atom. The van der Waals surface area contributed by atoms with Crippen LogP contribution < -0.4 is 0 Å². The Labute approximate surface area is 777 Å². The molecule has 19 rings (SSSR count). The van der Waals surface area contributed by atoms with E-state index >= 15 is 0 Å². The topological polar surface area (TPSA) is 71.5 Å². The molecule has 2 aliphatic heterocycles. The van der Waals surface area contributed by atoms with Gasteiger partial charge in [-0.2, -0.15) is 87.8 Å². The predicted molar refractivity (Wildman–Crippen MR) is 502 cm³/mol. The van der Waals surface area contributed by atoms with Gasteiger partial charge in [-0.1, -0.05) is 243 Å². The number of benzene rings is 13. The van der Waals surface area contributed by atoms with Crippen LogP contribution in [-0.4, -0.2) is 110 Å². The second kappa shape index (κ2) is 34.2. The molecule has 15 aromatic rings. The van der Waals surface area contributed by atoms with Crippen molar-refractivity contribution in [3.63, 3.8) is 0 Å². The standard InChI is InChI=1S/C108H76B2F20N4O4/c1-57-49-61(5)131-97(57)89(99-59(3)51-63(7)133(99)109(135-53-101(111,112)105(119,120)121)136-54-102(113,114)106(122,123)124)72-43-37-67(38-44-72)73-45-47-83-90-74(73)29-19-31-81(90)93-87(77-27-17-16-26-76(77)86(94(83)93)69-23-13-10-14-24-69)70-39-33-65(34-40-70)66-35-41-71(42-36-66)88-78-28-18-15-25-75(78)85(68-21-11-9-12-22-68)92-82-32-20-30-79-80(46-48-84(91(79)82)95(88)92)96(98-58(2)50-62(6)132-98)100-60(4)52-64(8)134(100)110(137-55-103(115,116)107(125,126)127)138-56-104(117,118)108(128,129)130/h9-52H,53-56H2,1-8H3/b97-89-,98-96-. The molecular weight excluding hydrogens is 1820 g/mol. The first-order valence-corrected chi connectivity index (χ1v) is 43.7. The number of aliphatic imine (C=N–C) groups is 2. The van der Waals surface area contributed by atoms with Gasteiger partial charge >= 0.3 is 62.9 Å². The predicted octanol–water partition coefficient (Wildman–Crippen LogP) is 31.3. The molecule has 698 valence electrons. The monoisotopic (exact) mass is 1890 g/mol. The summed E-state index contributed by atoms with van der Waals surface area (Å²) in [5, 5.41) is 6.79. The minimum atomic E-state index is -6.24. The van der Waals surface area contributed by atoms with Crippen molar-refractivity contribution in [1.82, 2.24) is 8.96 Å². The molecule has 2 aromatic heterocycles. The molecule has 0 saturated heterocycles. The summed E-state index contributed by atoms with van der Waals surface area (Å²) in [6, 6.07) is 82.3. The van der Waals surface area contributed by atoms with Gasteiger partial charge in [0.15, 0.2) is 0 Å². The van der Waals surface area contributed by atoms with Gasteiger partial charge in [-0.25, -0.2) is 0 Å². The minimum Gasteiger partial charge on any atom is -0.385 e. The number of fused-ring (bicyclic) bond motifs is 8. The van der Waals surface area contributed by atoms with E-state index in [0.717, 1.165) is 152 Å². The highest BCUT2D eigenvalue weighted by Gasteiger charge is 2.62. The van der Waals surface area contributed by atoms with Gasteiger partial charge in [0, 0.05) is 45.3 Å². The molecule has 4 heterocycles. The number of hydrogen-bond donors (Lipinski definition) is 0. The molecular formula is C108H76B2F20N4O4. The Morgan fingerprint density at radius 1 is 0.275 bits per heavy atom. The highest BCUT2D eigenvalue weighted by atomic mass is 19.4. The van der Waals surface area contributed by atoms with Crippen LogP contribution in [0.4, 0.5) is 87.8 Å². The Morgan fingerprint density at radius 2 is 0.565 bits per heavy atom. The Bertz CT molecular complexity index is 7660. The maximum atomic E-state index is 15.0. The Hall–Kier alpha value is -13.7. The van der Waals surface area contributed by atoms with Crippen molar-refractivity contribution < 1.29 is 106 Å². The fraction of sp³-hybridized carbons (Fsp3) is 0.185. The molecule has 0 unspecified atom stereocenters. The third-order valence-corrected chi connectivity index (χ3v) is 25.8. The summed E-state index contributed by atoms with van der Waals surface area (Å²) in [7, 11) is -5.46. The van der Waals surface area contributed by atoms with Crippen LogP contribution >= 0.6 is 0 Å². The van der Waals surface area contributed by atoms with Crippen LogP contribution in [0, 0.1) is 27.7 Å². The van der Waals surface area contributed by atoms with Gasteiger partial charge in [-0.15, -0.1) is 0 Å². The normalized spacial score (nSPS) is 14.8. The zero-order valence-corrected chi connectivity index (χ0v) is 74.4. The van der Waals surface area contributed by atoms with Gasteiger partial charge in [0.2, 0.25) is 0 Å². The number of aromatic nitrogens is 2. The lowest BCUT2D eigenvalue weighted by Gasteiger charge is -2.27. The lowest BCUT2D eigenvalue weighted by Crippen LogP contribution is -2.48. The molecule has 0 atom stereocenters. The number of aryl methyl sites for hydroxylation is 4. The maximum absolute atomic E-state index is 15.0. The average molecular weight is 1900 g/mol. The van der Waals surface area contributed by atoms with Crippen molar-refractivity contribution in [2.75, 3.05) is 26.4 Å². The third kappa shape index (κ3) is 15.9. The summed E-state index contributed by atoms with van der Waals surface area (Å²) >= 11 is 0. The van der Waals surface area contributed by atoms with E-state index in [1.807, 2.05) is 127 Å². The SMILES string of the molecule is CC1=CC(C)=N/C1=C(/c1ccc(-c2ccc3c4c(cccc24)-c2c-3c(-c3ccccc3)c3ccccc3c2-c2ccc(-c3ccc(-c4c5c(c(-c6ccccc6)c6ccccc46)-c4cccc6c(/C(=C7/N=C(C)C=C7C)c7c(C)cc(C)n7B(OCC(F)(F)C(F)(F)F)OCC(F)(F)C(F)(F)F)ccc-5c46)cc3)cc2)cc1)c1c(C)cc(C)n1B(OCC(F)(F)C(F)(F)F)OCC(F)(F)C(F)(F)F. The van der Waals surface area contributed by atoms with E-state index in [1.54, 1.807) is 65.0 Å². The first-order valence-electron chi connectivity index (χ1n) is 43.7. The van der Waals surface area contributed by atoms with Crippen LogP contribution in [0.3, 0.4) is 0 Å². The number of hydrogen-bond acceptors (Lipinski definition) is 6. The van der Waals surface area contributed by atoms with Crippen LogP contribution in [0.2, 0.25) is 0 Å². The van der Waals surface area contributed by atoms with Crippen molar-refractivity contribution in [3.8, 4) is 111 Å². The molecule has 13 aromatic carbocycles. The van der Waals surface area contributed by atoms with Gasteiger partial charge in [0.05, 0.1) is 11.4 Å². The Balaban J connectivity index is 0.710. The summed E-state index contributed by atoms with van der Waals surface area (Å²) in [6.45, 7) is 2.44. The molecule has 4 aliphatic rings. The van der Waals surface area contributed by atoms with Gasteiger partial charge in [-0.05, 0) is 267 Å². The molecule has 138 heavy (non-hydrogen) atoms. The minimum absolute atomic E-state index is 0.0322. The summed E-state index contributed by atoms with van der Waals surface area (Å²) in [5.74, 6) is -22.5. The molecule has 0 fully saturated rings. The van der Waals surface area contributed by atoms with Gasteiger partial charge in [0.1, 0.15) is 26.4 Å². The molecule has 30 heteroatoms. The second-order valence-electron chi connectivity index (χ2n) is 35.0. The van der Waals surface area contributed by atoms with Gasteiger partial charge in [-0.3, -0.25) is 9.98 Å². The fourth-order valence-corrected chi connectivity index (χ4v) is 19.8. The second-order valence-corrected chi connectivity index (χ2v) is 35.0. The highest BCUT2D eigenvalue weighted by Crippen LogP contribution is 2.62. The number of alkyl halides is 20. The van der Waals surface area contributed by atoms with E-state index < -0.39 is 89.3 Å². The molecule has 8 nitrogen and oxygen atoms in total. The molecule has 0 radical (unpaired) electrons. The molecule has 0 N–H and O–H groups in total. The first-order chi connectivity index (χ1) is 65.3. The fourth-order valence-electron chi connectivity index (χ4n) is 19.8.